The van der Waals surface area contributed by atoms with Crippen molar-refractivity contribution >= 4 is 47.0 Å². The predicted molar refractivity (Wildman–Crippen MR) is 95.7 cm³/mol. The quantitative estimate of drug-likeness (QED) is 0.216. The monoisotopic (exact) mass is 385 g/mol. The zero-order valence-corrected chi connectivity index (χ0v) is 15.6. The van der Waals surface area contributed by atoms with Crippen molar-refractivity contribution in [1.82, 2.24) is 9.88 Å². The molecule has 2 saturated heterocycles. The number of aliphatic carboxylic acids is 1. The van der Waals surface area contributed by atoms with Crippen molar-refractivity contribution in [3.05, 3.63) is 5.56 Å². The van der Waals surface area contributed by atoms with Gasteiger partial charge in [-0.1, -0.05) is 16.7 Å². The van der Waals surface area contributed by atoms with Gasteiger partial charge in [-0.2, -0.15) is 0 Å². The molecule has 3 heterocycles. The molecule has 2 unspecified atom stereocenters. The van der Waals surface area contributed by atoms with Gasteiger partial charge in [0.1, 0.15) is 16.8 Å². The first-order valence-corrected chi connectivity index (χ1v) is 9.67. The van der Waals surface area contributed by atoms with Gasteiger partial charge in [-0.25, -0.2) is 4.57 Å². The van der Waals surface area contributed by atoms with Crippen molar-refractivity contribution in [3.63, 3.8) is 0 Å². The molecule has 25 heavy (non-hydrogen) atoms. The van der Waals surface area contributed by atoms with Crippen LogP contribution in [0.4, 0.5) is 11.6 Å². The van der Waals surface area contributed by atoms with E-state index in [1.54, 1.807) is 23.4 Å². The Balaban J connectivity index is 1.81. The summed E-state index contributed by atoms with van der Waals surface area (Å²) in [5.41, 5.74) is 17.3. The number of nitrogens with two attached hydrogens (primary N) is 3. The molecule has 0 saturated carbocycles. The van der Waals surface area contributed by atoms with E-state index in [0.717, 1.165) is 0 Å². The van der Waals surface area contributed by atoms with Crippen LogP contribution in [0.3, 0.4) is 0 Å². The summed E-state index contributed by atoms with van der Waals surface area (Å²) in [5, 5.41) is 10.2. The molecule has 0 radical (unpaired) electrons. The molecule has 2 aliphatic heterocycles. The number of fused-ring (bicyclic) bond motifs is 1. The molecule has 0 aromatic carbocycles. The number of carbonyl (C=O) groups is 2. The lowest BCUT2D eigenvalue weighted by Crippen LogP contribution is -2.72. The molecule has 0 bridgehead atoms. The number of aromatic nitrogens is 2. The SMILES string of the molecule is Cc1c(N)nc(SCC2(C(=O)O)CS[C@@H]3C(N)C(=O)N3C2)[n+](C)c1N. The molecule has 1 amide bonds. The second-order valence-corrected chi connectivity index (χ2v) is 8.46. The van der Waals surface area contributed by atoms with Crippen molar-refractivity contribution in [1.29, 1.82) is 0 Å². The Bertz CT molecular complexity index is 761. The van der Waals surface area contributed by atoms with E-state index in [-0.39, 0.29) is 23.6 Å². The van der Waals surface area contributed by atoms with Gasteiger partial charge < -0.3 is 27.2 Å². The fourth-order valence-corrected chi connectivity index (χ4v) is 5.68. The van der Waals surface area contributed by atoms with Crippen molar-refractivity contribution in [2.24, 2.45) is 18.2 Å². The zero-order chi connectivity index (χ0) is 18.5. The summed E-state index contributed by atoms with van der Waals surface area (Å²) in [5.74, 6) is 0.322. The van der Waals surface area contributed by atoms with Gasteiger partial charge in [-0.05, 0) is 6.92 Å². The van der Waals surface area contributed by atoms with E-state index in [1.807, 2.05) is 0 Å². The molecular weight excluding hydrogens is 364 g/mol. The molecule has 1 aromatic heterocycles. The molecule has 0 spiro atoms. The second-order valence-electron chi connectivity index (χ2n) is 6.42. The van der Waals surface area contributed by atoms with Crippen LogP contribution < -0.4 is 21.8 Å². The number of hydrogen-bond donors (Lipinski definition) is 4. The smallest absolute Gasteiger partial charge is 0.313 e. The molecule has 9 nitrogen and oxygen atoms in total. The van der Waals surface area contributed by atoms with E-state index in [4.69, 9.17) is 17.2 Å². The highest BCUT2D eigenvalue weighted by atomic mass is 32.2. The summed E-state index contributed by atoms with van der Waals surface area (Å²) in [6.07, 6.45) is 0. The third kappa shape index (κ3) is 2.79. The molecule has 1 aromatic rings. The summed E-state index contributed by atoms with van der Waals surface area (Å²) >= 11 is 2.69. The Labute approximate surface area is 153 Å². The Morgan fingerprint density at radius 2 is 2.24 bits per heavy atom. The number of amides is 1. The van der Waals surface area contributed by atoms with E-state index in [0.29, 0.717) is 28.1 Å². The van der Waals surface area contributed by atoms with E-state index in [2.05, 4.69) is 4.98 Å². The van der Waals surface area contributed by atoms with Gasteiger partial charge in [0, 0.05) is 18.1 Å². The Morgan fingerprint density at radius 3 is 2.88 bits per heavy atom. The lowest BCUT2D eigenvalue weighted by Gasteiger charge is -2.52. The fourth-order valence-electron chi connectivity index (χ4n) is 2.89. The number of nitrogen functional groups attached to an aromatic ring is 2. The summed E-state index contributed by atoms with van der Waals surface area (Å²) < 4.78 is 1.69. The maximum atomic E-state index is 12.0. The standard InChI is InChI=1S/C14H20N6O3S2/c1-6-8(16)18-13(19(2)9(6)17)25-5-14(12(22)23)3-20-10(21)7(15)11(20)24-4-14/h7,11H,3-5,15H2,1-2H3,(H4,16,17,22,23)/p+1/t7?,11-,14?/m1/s1. The second kappa shape index (κ2) is 6.22. The first-order valence-electron chi connectivity index (χ1n) is 7.63. The van der Waals surface area contributed by atoms with Gasteiger partial charge in [-0.3, -0.25) is 9.59 Å². The molecule has 11 heteroatoms. The number of hydrogen-bond acceptors (Lipinski definition) is 8. The van der Waals surface area contributed by atoms with Crippen LogP contribution in [0.25, 0.3) is 0 Å². The van der Waals surface area contributed by atoms with Crippen LogP contribution in [0, 0.1) is 12.3 Å². The van der Waals surface area contributed by atoms with Gasteiger partial charge in [0.2, 0.25) is 17.5 Å². The largest absolute Gasteiger partial charge is 0.481 e. The first kappa shape index (κ1) is 18.1. The van der Waals surface area contributed by atoms with Crippen molar-refractivity contribution in [2.45, 2.75) is 23.5 Å². The molecule has 2 aliphatic rings. The number of thioether (sulfide) groups is 2. The maximum Gasteiger partial charge on any atom is 0.313 e. The Hall–Kier alpha value is -1.72. The summed E-state index contributed by atoms with van der Waals surface area (Å²) in [6, 6.07) is -0.527. The first-order chi connectivity index (χ1) is 11.7. The number of nitrogens with zero attached hydrogens (tertiary/aromatic N) is 3. The maximum absolute atomic E-state index is 12.0. The van der Waals surface area contributed by atoms with Gasteiger partial charge in [0.15, 0.2) is 0 Å². The minimum absolute atomic E-state index is 0.120. The van der Waals surface area contributed by atoms with Crippen LogP contribution in [-0.2, 0) is 16.6 Å². The highest BCUT2D eigenvalue weighted by Gasteiger charge is 2.55. The number of carboxylic acids is 1. The van der Waals surface area contributed by atoms with Crippen LogP contribution in [0.1, 0.15) is 5.56 Å². The minimum atomic E-state index is -1.06. The predicted octanol–water partition coefficient (Wildman–Crippen LogP) is -1.22. The van der Waals surface area contributed by atoms with Crippen molar-refractivity contribution in [3.8, 4) is 0 Å². The van der Waals surface area contributed by atoms with Crippen molar-refractivity contribution in [2.75, 3.05) is 29.5 Å². The molecule has 3 atom stereocenters. The van der Waals surface area contributed by atoms with Crippen LogP contribution >= 0.6 is 23.5 Å². The summed E-state index contributed by atoms with van der Waals surface area (Å²) in [7, 11) is 1.76. The lowest BCUT2D eigenvalue weighted by molar-refractivity contribution is -0.699. The van der Waals surface area contributed by atoms with Gasteiger partial charge in [0.05, 0.1) is 12.6 Å². The summed E-state index contributed by atoms with van der Waals surface area (Å²) in [6.45, 7) is 1.93. The fraction of sp³-hybridized carbons (Fsp3) is 0.571. The Morgan fingerprint density at radius 1 is 1.56 bits per heavy atom. The number of carbonyl (C=O) groups excluding carboxylic acids is 1. The van der Waals surface area contributed by atoms with Crippen LogP contribution in [0.15, 0.2) is 5.16 Å². The van der Waals surface area contributed by atoms with Crippen molar-refractivity contribution < 1.29 is 19.3 Å². The highest BCUT2D eigenvalue weighted by Crippen LogP contribution is 2.43. The molecule has 7 N–H and O–H groups in total. The zero-order valence-electron chi connectivity index (χ0n) is 13.9. The van der Waals surface area contributed by atoms with E-state index in [1.165, 1.54) is 23.5 Å². The molecule has 0 aliphatic carbocycles. The van der Waals surface area contributed by atoms with Crippen LogP contribution in [-0.4, -0.2) is 56.3 Å². The average Bonchev–Trinajstić information content (AvgIpc) is 2.60. The number of rotatable bonds is 4. The normalized spacial score (nSPS) is 28.4. The molecular formula is C14H21N6O3S2+. The molecule has 136 valence electrons. The van der Waals surface area contributed by atoms with Gasteiger partial charge >= 0.3 is 11.1 Å². The van der Waals surface area contributed by atoms with Crippen LogP contribution in [0.5, 0.6) is 0 Å². The third-order valence-electron chi connectivity index (χ3n) is 4.75. The van der Waals surface area contributed by atoms with E-state index >= 15 is 0 Å². The highest BCUT2D eigenvalue weighted by molar-refractivity contribution is 8.00. The lowest BCUT2D eigenvalue weighted by atomic mass is 9.89. The van der Waals surface area contributed by atoms with E-state index in [9.17, 15) is 14.7 Å². The topological polar surface area (TPSA) is 152 Å². The Kier molecular flexibility index (Phi) is 4.50. The number of anilines is 2. The van der Waals surface area contributed by atoms with Gasteiger partial charge in [-0.15, -0.1) is 11.8 Å². The third-order valence-corrected chi connectivity index (χ3v) is 7.68. The number of β-lactam (4-membered cyclic amide) rings is 1. The summed E-state index contributed by atoms with van der Waals surface area (Å²) in [4.78, 5) is 29.7. The molecule has 3 rings (SSSR count). The average molecular weight is 385 g/mol. The minimum Gasteiger partial charge on any atom is -0.481 e. The molecule has 2 fully saturated rings. The van der Waals surface area contributed by atoms with Crippen LogP contribution in [0.2, 0.25) is 0 Å². The van der Waals surface area contributed by atoms with E-state index < -0.39 is 17.4 Å². The van der Waals surface area contributed by atoms with Gasteiger partial charge in [0.25, 0.3) is 0 Å². The number of carboxylic acid groups (broad SMARTS) is 1.